The van der Waals surface area contributed by atoms with E-state index in [0.29, 0.717) is 11.4 Å². The Bertz CT molecular complexity index is 476. The van der Waals surface area contributed by atoms with Gasteiger partial charge in [-0.3, -0.25) is 0 Å². The second-order valence-corrected chi connectivity index (χ2v) is 5.02. The van der Waals surface area contributed by atoms with Crippen molar-refractivity contribution < 1.29 is 14.7 Å². The molecular formula is C14H19ClN2O3. The quantitative estimate of drug-likeness (QED) is 0.878. The van der Waals surface area contributed by atoms with E-state index < -0.39 is 18.0 Å². The predicted octanol–water partition coefficient (Wildman–Crippen LogP) is 2.91. The number of halogens is 1. The number of carboxylic acid groups (broad SMARTS) is 1. The number of hydrogen-bond acceptors (Lipinski definition) is 2. The Balaban J connectivity index is 2.73. The van der Waals surface area contributed by atoms with Crippen LogP contribution in [0.2, 0.25) is 5.02 Å². The number of carbonyl (C=O) groups excluding carboxylic acids is 1. The number of benzene rings is 1. The molecule has 5 nitrogen and oxygen atoms in total. The summed E-state index contributed by atoms with van der Waals surface area (Å²) in [6.07, 6.45) is 0.338. The number of amides is 2. The van der Waals surface area contributed by atoms with Gasteiger partial charge in [-0.05, 0) is 31.0 Å². The first-order valence-electron chi connectivity index (χ1n) is 6.38. The molecule has 0 aliphatic heterocycles. The zero-order chi connectivity index (χ0) is 15.3. The maximum absolute atomic E-state index is 12.0. The van der Waals surface area contributed by atoms with Crippen molar-refractivity contribution in [3.63, 3.8) is 0 Å². The van der Waals surface area contributed by atoms with Gasteiger partial charge in [-0.25, -0.2) is 9.59 Å². The number of urea groups is 1. The molecule has 20 heavy (non-hydrogen) atoms. The van der Waals surface area contributed by atoms with E-state index in [2.05, 4.69) is 5.32 Å². The van der Waals surface area contributed by atoms with Crippen LogP contribution in [0.5, 0.6) is 0 Å². The zero-order valence-corrected chi connectivity index (χ0v) is 12.5. The minimum Gasteiger partial charge on any atom is -0.480 e. The molecule has 6 heteroatoms. The summed E-state index contributed by atoms with van der Waals surface area (Å²) < 4.78 is 0. The number of hydrogen-bond donors (Lipinski definition) is 2. The van der Waals surface area contributed by atoms with Crippen molar-refractivity contribution in [1.82, 2.24) is 10.2 Å². The van der Waals surface area contributed by atoms with Gasteiger partial charge in [0.2, 0.25) is 0 Å². The van der Waals surface area contributed by atoms with Gasteiger partial charge >= 0.3 is 12.0 Å². The van der Waals surface area contributed by atoms with E-state index in [1.807, 2.05) is 19.1 Å². The van der Waals surface area contributed by atoms with Crippen molar-refractivity contribution in [2.75, 3.05) is 7.05 Å². The molecule has 2 N–H and O–H groups in total. The largest absolute Gasteiger partial charge is 0.480 e. The van der Waals surface area contributed by atoms with Crippen molar-refractivity contribution in [2.45, 2.75) is 32.4 Å². The fourth-order valence-corrected chi connectivity index (χ4v) is 1.86. The van der Waals surface area contributed by atoms with Crippen LogP contribution in [0.1, 0.15) is 31.9 Å². The SMILES string of the molecule is CC[C@H](NC(=O)N(C)C(C)c1ccc(Cl)cc1)C(=O)O. The first kappa shape index (κ1) is 16.3. The molecule has 0 spiro atoms. The third-order valence-corrected chi connectivity index (χ3v) is 3.51. The summed E-state index contributed by atoms with van der Waals surface area (Å²) in [5.74, 6) is -1.03. The summed E-state index contributed by atoms with van der Waals surface area (Å²) in [6.45, 7) is 3.58. The Morgan fingerprint density at radius 1 is 1.35 bits per heavy atom. The monoisotopic (exact) mass is 298 g/mol. The van der Waals surface area contributed by atoms with Gasteiger partial charge in [0.05, 0.1) is 6.04 Å². The highest BCUT2D eigenvalue weighted by molar-refractivity contribution is 6.30. The lowest BCUT2D eigenvalue weighted by molar-refractivity contribution is -0.139. The number of nitrogens with one attached hydrogen (secondary N) is 1. The standard InChI is InChI=1S/C14H19ClN2O3/c1-4-12(13(18)19)16-14(20)17(3)9(2)10-5-7-11(15)8-6-10/h5-9,12H,4H2,1-3H3,(H,16,20)(H,18,19)/t9?,12-/m0/s1. The lowest BCUT2D eigenvalue weighted by Crippen LogP contribution is -2.47. The second kappa shape index (κ2) is 7.14. The van der Waals surface area contributed by atoms with Gasteiger partial charge in [-0.15, -0.1) is 0 Å². The molecule has 2 atom stereocenters. The Labute approximate surface area is 123 Å². The first-order chi connectivity index (χ1) is 9.36. The lowest BCUT2D eigenvalue weighted by atomic mass is 10.1. The highest BCUT2D eigenvalue weighted by atomic mass is 35.5. The highest BCUT2D eigenvalue weighted by Gasteiger charge is 2.22. The van der Waals surface area contributed by atoms with Gasteiger partial charge in [0, 0.05) is 12.1 Å². The van der Waals surface area contributed by atoms with Crippen molar-refractivity contribution in [3.05, 3.63) is 34.9 Å². The van der Waals surface area contributed by atoms with E-state index in [9.17, 15) is 9.59 Å². The molecule has 0 saturated carbocycles. The van der Waals surface area contributed by atoms with Crippen LogP contribution < -0.4 is 5.32 Å². The summed E-state index contributed by atoms with van der Waals surface area (Å²) in [6, 6.07) is 5.72. The fraction of sp³-hybridized carbons (Fsp3) is 0.429. The molecule has 0 radical (unpaired) electrons. The molecule has 0 heterocycles. The smallest absolute Gasteiger partial charge is 0.326 e. The van der Waals surface area contributed by atoms with E-state index in [0.717, 1.165) is 5.56 Å². The number of carboxylic acids is 1. The van der Waals surface area contributed by atoms with Crippen molar-refractivity contribution in [2.24, 2.45) is 0 Å². The number of nitrogens with zero attached hydrogens (tertiary/aromatic N) is 1. The molecule has 0 saturated heterocycles. The van der Waals surface area contributed by atoms with Crippen LogP contribution in [-0.2, 0) is 4.79 Å². The summed E-state index contributed by atoms with van der Waals surface area (Å²) in [5.41, 5.74) is 0.926. The van der Waals surface area contributed by atoms with Gasteiger partial charge in [0.15, 0.2) is 0 Å². The maximum atomic E-state index is 12.0. The van der Waals surface area contributed by atoms with E-state index in [1.165, 1.54) is 4.90 Å². The van der Waals surface area contributed by atoms with Crippen LogP contribution in [-0.4, -0.2) is 35.1 Å². The van der Waals surface area contributed by atoms with E-state index in [1.54, 1.807) is 26.1 Å². The molecule has 0 aliphatic rings. The molecule has 0 bridgehead atoms. The van der Waals surface area contributed by atoms with Gasteiger partial charge in [-0.2, -0.15) is 0 Å². The summed E-state index contributed by atoms with van der Waals surface area (Å²) in [7, 11) is 1.63. The summed E-state index contributed by atoms with van der Waals surface area (Å²) in [5, 5.41) is 12.1. The zero-order valence-electron chi connectivity index (χ0n) is 11.8. The lowest BCUT2D eigenvalue weighted by Gasteiger charge is -2.27. The van der Waals surface area contributed by atoms with E-state index in [-0.39, 0.29) is 6.04 Å². The molecule has 1 rings (SSSR count). The van der Waals surface area contributed by atoms with Crippen LogP contribution in [0.25, 0.3) is 0 Å². The first-order valence-corrected chi connectivity index (χ1v) is 6.76. The summed E-state index contributed by atoms with van der Waals surface area (Å²) >= 11 is 5.82. The summed E-state index contributed by atoms with van der Waals surface area (Å²) in [4.78, 5) is 24.4. The van der Waals surface area contributed by atoms with Gasteiger partial charge < -0.3 is 15.3 Å². The van der Waals surface area contributed by atoms with Gasteiger partial charge in [0.1, 0.15) is 6.04 Å². The molecule has 2 amide bonds. The molecule has 0 aliphatic carbocycles. The maximum Gasteiger partial charge on any atom is 0.326 e. The number of carbonyl (C=O) groups is 2. The van der Waals surface area contributed by atoms with E-state index >= 15 is 0 Å². The average molecular weight is 299 g/mol. The molecule has 110 valence electrons. The predicted molar refractivity (Wildman–Crippen MR) is 77.9 cm³/mol. The minimum absolute atomic E-state index is 0.182. The van der Waals surface area contributed by atoms with Gasteiger partial charge in [-0.1, -0.05) is 30.7 Å². The third-order valence-electron chi connectivity index (χ3n) is 3.26. The Morgan fingerprint density at radius 3 is 2.35 bits per heavy atom. The van der Waals surface area contributed by atoms with Crippen molar-refractivity contribution >= 4 is 23.6 Å². The minimum atomic E-state index is -1.03. The third kappa shape index (κ3) is 4.13. The molecular weight excluding hydrogens is 280 g/mol. The van der Waals surface area contributed by atoms with Crippen LogP contribution in [0.15, 0.2) is 24.3 Å². The Kier molecular flexibility index (Phi) is 5.82. The van der Waals surface area contributed by atoms with E-state index in [4.69, 9.17) is 16.7 Å². The Hall–Kier alpha value is -1.75. The number of rotatable bonds is 5. The van der Waals surface area contributed by atoms with Crippen LogP contribution in [0.3, 0.4) is 0 Å². The second-order valence-electron chi connectivity index (χ2n) is 4.59. The van der Waals surface area contributed by atoms with Crippen molar-refractivity contribution in [3.8, 4) is 0 Å². The fourth-order valence-electron chi connectivity index (χ4n) is 1.73. The number of aliphatic carboxylic acids is 1. The van der Waals surface area contributed by atoms with Crippen LogP contribution in [0, 0.1) is 0 Å². The molecule has 0 aromatic heterocycles. The van der Waals surface area contributed by atoms with Crippen molar-refractivity contribution in [1.29, 1.82) is 0 Å². The molecule has 0 fully saturated rings. The topological polar surface area (TPSA) is 69.6 Å². The van der Waals surface area contributed by atoms with Crippen LogP contribution >= 0.6 is 11.6 Å². The van der Waals surface area contributed by atoms with Gasteiger partial charge in [0.25, 0.3) is 0 Å². The Morgan fingerprint density at radius 2 is 1.90 bits per heavy atom. The van der Waals surface area contributed by atoms with Crippen LogP contribution in [0.4, 0.5) is 4.79 Å². The average Bonchev–Trinajstić information content (AvgIpc) is 2.43. The highest BCUT2D eigenvalue weighted by Crippen LogP contribution is 2.20. The molecule has 1 aromatic rings. The molecule has 1 aromatic carbocycles. The molecule has 1 unspecified atom stereocenters. The normalized spacial score (nSPS) is 13.4.